The van der Waals surface area contributed by atoms with Crippen LogP contribution in [0.2, 0.25) is 0 Å². The molecule has 144 valence electrons. The molecule has 0 bridgehead atoms. The average molecular weight is 394 g/mol. The predicted molar refractivity (Wildman–Crippen MR) is 112 cm³/mol. The molecule has 28 heavy (non-hydrogen) atoms. The normalized spacial score (nSPS) is 13.8. The number of aromatic nitrogens is 1. The molecule has 1 aromatic heterocycles. The highest BCUT2D eigenvalue weighted by Crippen LogP contribution is 2.35. The number of hydrogen-bond acceptors (Lipinski definition) is 5. The summed E-state index contributed by atoms with van der Waals surface area (Å²) in [4.78, 5) is 21.2. The fraction of sp³-hybridized carbons (Fsp3) is 0.273. The van der Waals surface area contributed by atoms with E-state index in [-0.39, 0.29) is 5.91 Å². The van der Waals surface area contributed by atoms with E-state index in [1.54, 1.807) is 18.9 Å². The van der Waals surface area contributed by atoms with Gasteiger partial charge in [-0.15, -0.1) is 11.3 Å². The van der Waals surface area contributed by atoms with Crippen molar-refractivity contribution in [3.8, 4) is 5.75 Å². The summed E-state index contributed by atoms with van der Waals surface area (Å²) in [5, 5.41) is 2.71. The third-order valence-corrected chi connectivity index (χ3v) is 5.84. The Hall–Kier alpha value is -2.70. The number of amides is 1. The lowest BCUT2D eigenvalue weighted by atomic mass is 10.00. The van der Waals surface area contributed by atoms with E-state index in [1.807, 2.05) is 29.6 Å². The van der Waals surface area contributed by atoms with E-state index in [1.165, 1.54) is 22.5 Å². The fourth-order valence-electron chi connectivity index (χ4n) is 3.61. The van der Waals surface area contributed by atoms with Crippen molar-refractivity contribution in [2.24, 2.45) is 0 Å². The molecule has 0 saturated heterocycles. The van der Waals surface area contributed by atoms with E-state index < -0.39 is 0 Å². The molecule has 0 unspecified atom stereocenters. The molecule has 0 spiro atoms. The van der Waals surface area contributed by atoms with Crippen LogP contribution in [0.1, 0.15) is 23.7 Å². The Labute approximate surface area is 169 Å². The van der Waals surface area contributed by atoms with Crippen LogP contribution in [0, 0.1) is 0 Å². The van der Waals surface area contributed by atoms with Gasteiger partial charge in [-0.3, -0.25) is 14.6 Å². The smallest absolute Gasteiger partial charge is 0.230 e. The largest absolute Gasteiger partial charge is 0.495 e. The molecule has 0 radical (unpaired) electrons. The van der Waals surface area contributed by atoms with E-state index in [0.29, 0.717) is 16.6 Å². The first-order chi connectivity index (χ1) is 13.7. The number of carbonyl (C=O) groups is 1. The Bertz CT molecular complexity index is 985. The summed E-state index contributed by atoms with van der Waals surface area (Å²) in [6.45, 7) is 4.29. The molecular weight excluding hydrogens is 370 g/mol. The summed E-state index contributed by atoms with van der Waals surface area (Å²) in [7, 11) is 1.61. The number of carbonyl (C=O) groups excluding carboxylic acids is 1. The van der Waals surface area contributed by atoms with Crippen molar-refractivity contribution in [3.05, 3.63) is 70.7 Å². The fourth-order valence-corrected chi connectivity index (χ4v) is 4.48. The topological polar surface area (TPSA) is 45.7 Å². The van der Waals surface area contributed by atoms with Gasteiger partial charge in [-0.2, -0.15) is 0 Å². The van der Waals surface area contributed by atoms with Crippen LogP contribution in [0.5, 0.6) is 5.75 Å². The SMILES string of the molecule is COc1ccccc1N(C(C)=O)c1nc(CN2CCc3ccccc3C2)cs1. The highest BCUT2D eigenvalue weighted by atomic mass is 32.1. The second-order valence-electron chi connectivity index (χ2n) is 6.88. The van der Waals surface area contributed by atoms with Crippen LogP contribution in [0.3, 0.4) is 0 Å². The quantitative estimate of drug-likeness (QED) is 0.645. The molecule has 0 aliphatic carbocycles. The first-order valence-electron chi connectivity index (χ1n) is 9.33. The summed E-state index contributed by atoms with van der Waals surface area (Å²) in [5.41, 5.74) is 4.53. The number of fused-ring (bicyclic) bond motifs is 1. The van der Waals surface area contributed by atoms with Gasteiger partial charge in [0.1, 0.15) is 5.75 Å². The van der Waals surface area contributed by atoms with Gasteiger partial charge in [0, 0.05) is 31.9 Å². The molecule has 2 aromatic carbocycles. The number of ether oxygens (including phenoxy) is 1. The highest BCUT2D eigenvalue weighted by molar-refractivity contribution is 7.14. The summed E-state index contributed by atoms with van der Waals surface area (Å²) < 4.78 is 5.43. The number of methoxy groups -OCH3 is 1. The van der Waals surface area contributed by atoms with Crippen molar-refractivity contribution < 1.29 is 9.53 Å². The van der Waals surface area contributed by atoms with Crippen molar-refractivity contribution in [2.75, 3.05) is 18.6 Å². The van der Waals surface area contributed by atoms with Crippen LogP contribution in [0.4, 0.5) is 10.8 Å². The Kier molecular flexibility index (Phi) is 5.41. The van der Waals surface area contributed by atoms with Crippen molar-refractivity contribution in [2.45, 2.75) is 26.4 Å². The second kappa shape index (κ2) is 8.12. The van der Waals surface area contributed by atoms with Crippen LogP contribution in [-0.2, 0) is 24.3 Å². The van der Waals surface area contributed by atoms with Crippen molar-refractivity contribution in [3.63, 3.8) is 0 Å². The van der Waals surface area contributed by atoms with Crippen LogP contribution in [-0.4, -0.2) is 29.4 Å². The van der Waals surface area contributed by atoms with Gasteiger partial charge in [0.15, 0.2) is 5.13 Å². The number of thiazole rings is 1. The maximum Gasteiger partial charge on any atom is 0.230 e. The Morgan fingerprint density at radius 3 is 2.71 bits per heavy atom. The second-order valence-corrected chi connectivity index (χ2v) is 7.71. The van der Waals surface area contributed by atoms with Gasteiger partial charge in [0.25, 0.3) is 0 Å². The monoisotopic (exact) mass is 393 g/mol. The molecule has 1 aliphatic heterocycles. The maximum absolute atomic E-state index is 12.4. The minimum absolute atomic E-state index is 0.0858. The lowest BCUT2D eigenvalue weighted by Crippen LogP contribution is -2.30. The Morgan fingerprint density at radius 2 is 1.93 bits per heavy atom. The lowest BCUT2D eigenvalue weighted by Gasteiger charge is -2.28. The minimum Gasteiger partial charge on any atom is -0.495 e. The number of benzene rings is 2. The van der Waals surface area contributed by atoms with Crippen LogP contribution in [0.25, 0.3) is 0 Å². The van der Waals surface area contributed by atoms with Gasteiger partial charge in [-0.05, 0) is 29.7 Å². The van der Waals surface area contributed by atoms with Crippen LogP contribution >= 0.6 is 11.3 Å². The first kappa shape index (κ1) is 18.7. The van der Waals surface area contributed by atoms with E-state index in [9.17, 15) is 4.79 Å². The van der Waals surface area contributed by atoms with Gasteiger partial charge in [0.05, 0.1) is 18.5 Å². The number of hydrogen-bond donors (Lipinski definition) is 0. The molecule has 0 fully saturated rings. The molecule has 0 atom stereocenters. The molecule has 2 heterocycles. The highest BCUT2D eigenvalue weighted by Gasteiger charge is 2.22. The van der Waals surface area contributed by atoms with E-state index in [4.69, 9.17) is 9.72 Å². The molecule has 4 rings (SSSR count). The summed E-state index contributed by atoms with van der Waals surface area (Å²) in [6.07, 6.45) is 1.06. The summed E-state index contributed by atoms with van der Waals surface area (Å²) >= 11 is 1.49. The third-order valence-electron chi connectivity index (χ3n) is 4.97. The van der Waals surface area contributed by atoms with Gasteiger partial charge >= 0.3 is 0 Å². The van der Waals surface area contributed by atoms with Crippen LogP contribution in [0.15, 0.2) is 53.9 Å². The molecule has 1 amide bonds. The van der Waals surface area contributed by atoms with E-state index in [2.05, 4.69) is 29.2 Å². The zero-order chi connectivity index (χ0) is 19.5. The molecule has 0 saturated carbocycles. The number of nitrogens with zero attached hydrogens (tertiary/aromatic N) is 3. The van der Waals surface area contributed by atoms with E-state index in [0.717, 1.165) is 31.7 Å². The molecule has 5 nitrogen and oxygen atoms in total. The molecular formula is C22H23N3O2S. The average Bonchev–Trinajstić information content (AvgIpc) is 3.16. The van der Waals surface area contributed by atoms with Crippen molar-refractivity contribution >= 4 is 28.1 Å². The zero-order valence-electron chi connectivity index (χ0n) is 16.1. The van der Waals surface area contributed by atoms with Gasteiger partial charge in [-0.1, -0.05) is 36.4 Å². The van der Waals surface area contributed by atoms with Crippen LogP contribution < -0.4 is 9.64 Å². The number of para-hydroxylation sites is 2. The molecule has 1 aliphatic rings. The Morgan fingerprint density at radius 1 is 1.18 bits per heavy atom. The molecule has 3 aromatic rings. The number of rotatable bonds is 5. The van der Waals surface area contributed by atoms with Gasteiger partial charge < -0.3 is 4.74 Å². The molecule has 0 N–H and O–H groups in total. The van der Waals surface area contributed by atoms with E-state index >= 15 is 0 Å². The maximum atomic E-state index is 12.4. The minimum atomic E-state index is -0.0858. The Balaban J connectivity index is 1.54. The van der Waals surface area contributed by atoms with Gasteiger partial charge in [-0.25, -0.2) is 4.98 Å². The lowest BCUT2D eigenvalue weighted by molar-refractivity contribution is -0.115. The number of anilines is 2. The molecule has 6 heteroatoms. The first-order valence-corrected chi connectivity index (χ1v) is 10.2. The summed E-state index contributed by atoms with van der Waals surface area (Å²) in [5.74, 6) is 0.569. The zero-order valence-corrected chi connectivity index (χ0v) is 16.9. The van der Waals surface area contributed by atoms with Crippen molar-refractivity contribution in [1.29, 1.82) is 0 Å². The summed E-state index contributed by atoms with van der Waals surface area (Å²) in [6, 6.07) is 16.1. The third kappa shape index (κ3) is 3.79. The standard InChI is InChI=1S/C22H23N3O2S/c1-16(26)25(20-9-5-6-10-21(20)27-2)22-23-19(15-28-22)14-24-12-11-17-7-3-4-8-18(17)13-24/h3-10,15H,11-14H2,1-2H3. The van der Waals surface area contributed by atoms with Gasteiger partial charge in [0.2, 0.25) is 5.91 Å². The van der Waals surface area contributed by atoms with Crippen molar-refractivity contribution in [1.82, 2.24) is 9.88 Å². The predicted octanol–water partition coefficient (Wildman–Crippen LogP) is 4.39.